The number of esters is 1. The van der Waals surface area contributed by atoms with Gasteiger partial charge in [0.05, 0.1) is 12.7 Å². The first-order chi connectivity index (χ1) is 16.3. The van der Waals surface area contributed by atoms with E-state index >= 15 is 0 Å². The molecule has 0 aliphatic carbocycles. The van der Waals surface area contributed by atoms with Crippen molar-refractivity contribution < 1.29 is 14.3 Å². The summed E-state index contributed by atoms with van der Waals surface area (Å²) in [7, 11) is 4.55. The van der Waals surface area contributed by atoms with Gasteiger partial charge in [-0.1, -0.05) is 64.8 Å². The van der Waals surface area contributed by atoms with E-state index in [1.807, 2.05) is 48.5 Å². The highest BCUT2D eigenvalue weighted by Gasteiger charge is 2.04. The second-order valence-electron chi connectivity index (χ2n) is 9.04. The molecule has 2 rings (SSSR count). The van der Waals surface area contributed by atoms with Gasteiger partial charge in [-0.3, -0.25) is 4.79 Å². The smallest absolute Gasteiger partial charge is 0.337 e. The van der Waals surface area contributed by atoms with Crippen molar-refractivity contribution in [3.63, 3.8) is 0 Å². The molecule has 0 aliphatic rings. The maximum absolute atomic E-state index is 11.3. The summed E-state index contributed by atoms with van der Waals surface area (Å²) in [6, 6.07) is 15.6. The van der Waals surface area contributed by atoms with Gasteiger partial charge in [-0.25, -0.2) is 4.79 Å². The average Bonchev–Trinajstić information content (AvgIpc) is 2.85. The molecule has 0 unspecified atom stereocenters. The van der Waals surface area contributed by atoms with E-state index in [4.69, 9.17) is 0 Å². The van der Waals surface area contributed by atoms with Gasteiger partial charge in [0.15, 0.2) is 0 Å². The van der Waals surface area contributed by atoms with Crippen LogP contribution in [-0.4, -0.2) is 33.1 Å². The normalized spacial score (nSPS) is 10.1. The third kappa shape index (κ3) is 13.8. The van der Waals surface area contributed by atoms with E-state index in [1.165, 1.54) is 51.0 Å². The highest BCUT2D eigenvalue weighted by atomic mass is 16.5. The number of nitrogens with one attached hydrogen (secondary N) is 1. The van der Waals surface area contributed by atoms with Crippen LogP contribution in [0.2, 0.25) is 0 Å². The number of hydrogen-bond acceptors (Lipinski definition) is 4. The Morgan fingerprint density at radius 2 is 1.15 bits per heavy atom. The van der Waals surface area contributed by atoms with Crippen molar-refractivity contribution in [3.8, 4) is 0 Å². The molecule has 0 atom stereocenters. The SMILES string of the molecule is CN.CNC(=O)c1ccc(CCCC(C)C)cc1.COC(=O)c1ccc(CCCC(C)C)cc1. The standard InChI is InChI=1S/C14H21NO.C14H20O2.CH5N/c1-11(2)5-4-6-12-7-9-13(10-8-12)14(16)15-3;1-11(2)5-4-6-12-7-9-13(10-8-12)14(15)16-3;1-2/h7-11H,4-6H2,1-3H3,(H,15,16);7-11H,4-6H2,1-3H3;2H2,1H3. The highest BCUT2D eigenvalue weighted by molar-refractivity contribution is 5.93. The summed E-state index contributed by atoms with van der Waals surface area (Å²) in [5, 5.41) is 2.62. The van der Waals surface area contributed by atoms with Crippen LogP contribution in [0.5, 0.6) is 0 Å². The fraction of sp³-hybridized carbons (Fsp3) is 0.517. The number of carbonyl (C=O) groups is 2. The summed E-state index contributed by atoms with van der Waals surface area (Å²) in [6.45, 7) is 8.96. The molecule has 0 saturated heterocycles. The number of benzene rings is 2. The Kier molecular flexibility index (Phi) is 17.3. The Morgan fingerprint density at radius 1 is 0.765 bits per heavy atom. The van der Waals surface area contributed by atoms with Crippen LogP contribution in [0.3, 0.4) is 0 Å². The topological polar surface area (TPSA) is 81.4 Å². The second kappa shape index (κ2) is 18.7. The first-order valence-electron chi connectivity index (χ1n) is 12.3. The van der Waals surface area contributed by atoms with Crippen molar-refractivity contribution in [2.75, 3.05) is 21.2 Å². The number of nitrogens with two attached hydrogens (primary N) is 1. The quantitative estimate of drug-likeness (QED) is 0.414. The second-order valence-corrected chi connectivity index (χ2v) is 9.04. The van der Waals surface area contributed by atoms with E-state index in [1.54, 1.807) is 7.05 Å². The molecule has 34 heavy (non-hydrogen) atoms. The number of carbonyl (C=O) groups excluding carboxylic acids is 2. The molecular weight excluding hydrogens is 424 g/mol. The van der Waals surface area contributed by atoms with E-state index in [0.717, 1.165) is 30.2 Å². The summed E-state index contributed by atoms with van der Waals surface area (Å²) in [5.41, 5.74) is 8.45. The predicted molar refractivity (Wildman–Crippen MR) is 143 cm³/mol. The highest BCUT2D eigenvalue weighted by Crippen LogP contribution is 2.12. The van der Waals surface area contributed by atoms with Gasteiger partial charge in [-0.15, -0.1) is 0 Å². The van der Waals surface area contributed by atoms with Gasteiger partial charge < -0.3 is 15.8 Å². The third-order valence-electron chi connectivity index (χ3n) is 5.31. The lowest BCUT2D eigenvalue weighted by atomic mass is 10.0. The van der Waals surface area contributed by atoms with Gasteiger partial charge in [0.25, 0.3) is 5.91 Å². The summed E-state index contributed by atoms with van der Waals surface area (Å²) in [6.07, 6.45) is 7.12. The number of ether oxygens (including phenoxy) is 1. The van der Waals surface area contributed by atoms with Crippen molar-refractivity contribution in [1.82, 2.24) is 5.32 Å². The molecule has 1 amide bonds. The first kappa shape index (κ1) is 31.3. The minimum absolute atomic E-state index is 0.0197. The summed E-state index contributed by atoms with van der Waals surface area (Å²) in [5.74, 6) is 1.24. The molecule has 0 fully saturated rings. The maximum atomic E-state index is 11.3. The lowest BCUT2D eigenvalue weighted by molar-refractivity contribution is 0.0600. The zero-order chi connectivity index (χ0) is 25.9. The third-order valence-corrected chi connectivity index (χ3v) is 5.31. The van der Waals surface area contributed by atoms with Crippen LogP contribution in [0.1, 0.15) is 85.2 Å². The molecular formula is C29H46N2O3. The van der Waals surface area contributed by atoms with Crippen molar-refractivity contribution in [2.24, 2.45) is 17.6 Å². The number of rotatable bonds is 10. The van der Waals surface area contributed by atoms with E-state index in [2.05, 4.69) is 43.5 Å². The van der Waals surface area contributed by atoms with Crippen LogP contribution in [0.4, 0.5) is 0 Å². The zero-order valence-corrected chi connectivity index (χ0v) is 22.3. The van der Waals surface area contributed by atoms with Gasteiger partial charge in [-0.05, 0) is 80.0 Å². The van der Waals surface area contributed by atoms with Gasteiger partial charge >= 0.3 is 5.97 Å². The number of aryl methyl sites for hydroxylation is 2. The molecule has 0 heterocycles. The maximum Gasteiger partial charge on any atom is 0.337 e. The van der Waals surface area contributed by atoms with Gasteiger partial charge in [0.2, 0.25) is 0 Å². The van der Waals surface area contributed by atoms with Crippen LogP contribution >= 0.6 is 0 Å². The molecule has 5 nitrogen and oxygen atoms in total. The Balaban J connectivity index is 0.000000597. The molecule has 2 aromatic carbocycles. The first-order valence-corrected chi connectivity index (χ1v) is 12.3. The molecule has 190 valence electrons. The van der Waals surface area contributed by atoms with Gasteiger partial charge in [0.1, 0.15) is 0 Å². The fourth-order valence-corrected chi connectivity index (χ4v) is 3.32. The van der Waals surface area contributed by atoms with Gasteiger partial charge in [0, 0.05) is 12.6 Å². The molecule has 0 bridgehead atoms. The Labute approximate surface area is 207 Å². The van der Waals surface area contributed by atoms with Crippen LogP contribution in [-0.2, 0) is 17.6 Å². The molecule has 0 aromatic heterocycles. The predicted octanol–water partition coefficient (Wildman–Crippen LogP) is 6.05. The molecule has 0 spiro atoms. The van der Waals surface area contributed by atoms with Crippen LogP contribution in [0.15, 0.2) is 48.5 Å². The van der Waals surface area contributed by atoms with E-state index in [-0.39, 0.29) is 11.9 Å². The molecule has 2 aromatic rings. The number of hydrogen-bond donors (Lipinski definition) is 2. The van der Waals surface area contributed by atoms with E-state index in [9.17, 15) is 9.59 Å². The minimum Gasteiger partial charge on any atom is -0.465 e. The Hall–Kier alpha value is -2.66. The number of methoxy groups -OCH3 is 1. The fourth-order valence-electron chi connectivity index (χ4n) is 3.32. The van der Waals surface area contributed by atoms with Crippen molar-refractivity contribution in [1.29, 1.82) is 0 Å². The van der Waals surface area contributed by atoms with Crippen molar-refractivity contribution in [2.45, 2.75) is 66.2 Å². The molecule has 5 heteroatoms. The van der Waals surface area contributed by atoms with Crippen LogP contribution in [0.25, 0.3) is 0 Å². The number of amides is 1. The summed E-state index contributed by atoms with van der Waals surface area (Å²) >= 11 is 0. The molecule has 0 saturated carbocycles. The van der Waals surface area contributed by atoms with Crippen LogP contribution in [0, 0.1) is 11.8 Å². The van der Waals surface area contributed by atoms with Crippen LogP contribution < -0.4 is 11.1 Å². The van der Waals surface area contributed by atoms with E-state index < -0.39 is 0 Å². The summed E-state index contributed by atoms with van der Waals surface area (Å²) in [4.78, 5) is 22.5. The lowest BCUT2D eigenvalue weighted by Gasteiger charge is -2.05. The minimum atomic E-state index is -0.270. The Morgan fingerprint density at radius 3 is 1.47 bits per heavy atom. The monoisotopic (exact) mass is 470 g/mol. The molecule has 0 radical (unpaired) electrons. The summed E-state index contributed by atoms with van der Waals surface area (Å²) < 4.78 is 4.65. The molecule has 3 N–H and O–H groups in total. The van der Waals surface area contributed by atoms with E-state index in [0.29, 0.717) is 5.56 Å². The van der Waals surface area contributed by atoms with Crippen molar-refractivity contribution >= 4 is 11.9 Å². The average molecular weight is 471 g/mol. The van der Waals surface area contributed by atoms with Gasteiger partial charge in [-0.2, -0.15) is 0 Å². The lowest BCUT2D eigenvalue weighted by Crippen LogP contribution is -2.17. The Bertz CT molecular complexity index is 728. The molecule has 0 aliphatic heterocycles. The largest absolute Gasteiger partial charge is 0.465 e. The zero-order valence-electron chi connectivity index (χ0n) is 22.3. The van der Waals surface area contributed by atoms with Crippen molar-refractivity contribution in [3.05, 3.63) is 70.8 Å².